The summed E-state index contributed by atoms with van der Waals surface area (Å²) in [5, 5.41) is 12.8. The number of likely N-dealkylation sites (tertiary alicyclic amines) is 1. The lowest BCUT2D eigenvalue weighted by Gasteiger charge is -2.31. The van der Waals surface area contributed by atoms with Gasteiger partial charge in [0.1, 0.15) is 11.9 Å². The Balaban J connectivity index is 1.55. The van der Waals surface area contributed by atoms with Crippen LogP contribution in [0.15, 0.2) is 41.3 Å². The smallest absolute Gasteiger partial charge is 0.416 e. The van der Waals surface area contributed by atoms with Gasteiger partial charge in [0.15, 0.2) is 0 Å². The summed E-state index contributed by atoms with van der Waals surface area (Å²) in [6.45, 7) is 9.34. The van der Waals surface area contributed by atoms with Crippen LogP contribution in [-0.4, -0.2) is 46.1 Å². The van der Waals surface area contributed by atoms with Gasteiger partial charge in [0.2, 0.25) is 5.91 Å². The van der Waals surface area contributed by atoms with Gasteiger partial charge in [-0.15, -0.1) is 0 Å². The highest BCUT2D eigenvalue weighted by Crippen LogP contribution is 2.39. The molecule has 1 aliphatic heterocycles. The van der Waals surface area contributed by atoms with E-state index >= 15 is 0 Å². The number of carboxylic acid groups (broad SMARTS) is 1. The molecule has 1 saturated heterocycles. The monoisotopic (exact) mass is 669 g/mol. The zero-order chi connectivity index (χ0) is 34.9. The number of fused-ring (bicyclic) bond motifs is 1. The van der Waals surface area contributed by atoms with E-state index in [4.69, 9.17) is 0 Å². The average molecular weight is 670 g/mol. The molecule has 2 aliphatic rings. The zero-order valence-electron chi connectivity index (χ0n) is 27.8. The van der Waals surface area contributed by atoms with Crippen molar-refractivity contribution in [2.45, 2.75) is 90.9 Å². The lowest BCUT2D eigenvalue weighted by molar-refractivity contribution is -0.139. The highest BCUT2D eigenvalue weighted by Gasteiger charge is 2.36. The van der Waals surface area contributed by atoms with E-state index in [1.165, 1.54) is 12.1 Å². The maximum Gasteiger partial charge on any atom is 0.416 e. The number of halogens is 4. The van der Waals surface area contributed by atoms with E-state index in [2.05, 4.69) is 5.32 Å². The maximum absolute atomic E-state index is 14.2. The van der Waals surface area contributed by atoms with Crippen molar-refractivity contribution in [2.24, 2.45) is 5.92 Å². The highest BCUT2D eigenvalue weighted by molar-refractivity contribution is 5.82. The molecule has 7 nitrogen and oxygen atoms in total. The minimum atomic E-state index is -4.74. The molecule has 1 aliphatic carbocycles. The standard InChI is InChI=1S/C37H43F4N3O4/c1-21(2)13-32(44-20-25(9-12-43-10-6-11-43)30(18-33(44)45)37(39,40)41)36(48)42-31(19-34(46)47)26-16-24-7-5-8-28(24)29(17-26)35-22(3)14-27(38)15-23(35)4/h14-18,20-21,31-32H,5-13,19H2,1-4H3,(H,42,48)(H,46,47)/t31-,32+/m1/s1. The van der Waals surface area contributed by atoms with Crippen molar-refractivity contribution in [1.82, 2.24) is 14.8 Å². The van der Waals surface area contributed by atoms with Gasteiger partial charge in [0.05, 0.1) is 18.0 Å². The first-order valence-electron chi connectivity index (χ1n) is 16.6. The van der Waals surface area contributed by atoms with E-state index < -0.39 is 47.7 Å². The summed E-state index contributed by atoms with van der Waals surface area (Å²) < 4.78 is 57.4. The van der Waals surface area contributed by atoms with Crippen molar-refractivity contribution in [3.05, 3.63) is 91.6 Å². The second kappa shape index (κ2) is 14.2. The fourth-order valence-corrected chi connectivity index (χ4v) is 7.16. The fraction of sp³-hybridized carbons (Fsp3) is 0.486. The second-order valence-electron chi connectivity index (χ2n) is 13.7. The Morgan fingerprint density at radius 2 is 1.69 bits per heavy atom. The normalized spacial score (nSPS) is 16.0. The largest absolute Gasteiger partial charge is 0.481 e. The second-order valence-corrected chi connectivity index (χ2v) is 13.7. The molecule has 0 radical (unpaired) electrons. The molecular weight excluding hydrogens is 626 g/mol. The Kier molecular flexibility index (Phi) is 10.5. The quantitative estimate of drug-likeness (QED) is 0.204. The number of alkyl halides is 3. The van der Waals surface area contributed by atoms with Gasteiger partial charge < -0.3 is 19.9 Å². The first-order valence-corrected chi connectivity index (χ1v) is 16.6. The molecule has 1 aromatic heterocycles. The Morgan fingerprint density at radius 3 is 2.27 bits per heavy atom. The van der Waals surface area contributed by atoms with Crippen LogP contribution >= 0.6 is 0 Å². The van der Waals surface area contributed by atoms with Crippen molar-refractivity contribution in [2.75, 3.05) is 19.6 Å². The number of carbonyl (C=O) groups is 2. The number of aliphatic carboxylic acids is 1. The van der Waals surface area contributed by atoms with Crippen molar-refractivity contribution < 1.29 is 32.3 Å². The van der Waals surface area contributed by atoms with Gasteiger partial charge in [-0.05, 0) is 134 Å². The molecule has 2 N–H and O–H groups in total. The van der Waals surface area contributed by atoms with E-state index in [0.717, 1.165) is 82.9 Å². The van der Waals surface area contributed by atoms with Gasteiger partial charge >= 0.3 is 12.1 Å². The molecule has 11 heteroatoms. The number of aromatic nitrogens is 1. The van der Waals surface area contributed by atoms with Crippen LogP contribution < -0.4 is 10.9 Å². The van der Waals surface area contributed by atoms with Gasteiger partial charge in [0.25, 0.3) is 5.56 Å². The van der Waals surface area contributed by atoms with Gasteiger partial charge in [-0.2, -0.15) is 13.2 Å². The summed E-state index contributed by atoms with van der Waals surface area (Å²) in [6, 6.07) is 5.10. The number of benzene rings is 2. The summed E-state index contributed by atoms with van der Waals surface area (Å²) in [4.78, 5) is 41.6. The van der Waals surface area contributed by atoms with Crippen LogP contribution in [0.5, 0.6) is 0 Å². The number of aryl methyl sites for hydroxylation is 3. The number of nitrogens with zero attached hydrogens (tertiary/aromatic N) is 2. The molecule has 1 amide bonds. The Morgan fingerprint density at radius 1 is 1.00 bits per heavy atom. The lowest BCUT2D eigenvalue weighted by atomic mass is 9.87. The van der Waals surface area contributed by atoms with Crippen LogP contribution in [0.3, 0.4) is 0 Å². The molecule has 2 heterocycles. The zero-order valence-corrected chi connectivity index (χ0v) is 27.8. The number of amides is 1. The topological polar surface area (TPSA) is 91.6 Å². The third-order valence-electron chi connectivity index (χ3n) is 9.55. The molecule has 0 unspecified atom stereocenters. The highest BCUT2D eigenvalue weighted by atomic mass is 19.4. The lowest BCUT2D eigenvalue weighted by Crippen LogP contribution is -2.41. The molecule has 5 rings (SSSR count). The Labute approximate surface area is 278 Å². The first kappa shape index (κ1) is 35.3. The van der Waals surface area contributed by atoms with Gasteiger partial charge in [0, 0.05) is 18.8 Å². The van der Waals surface area contributed by atoms with Gasteiger partial charge in [-0.1, -0.05) is 19.9 Å². The maximum atomic E-state index is 14.2. The number of carboxylic acids is 1. The number of hydrogen-bond acceptors (Lipinski definition) is 4. The van der Waals surface area contributed by atoms with Crippen LogP contribution in [0.25, 0.3) is 11.1 Å². The number of hydrogen-bond donors (Lipinski definition) is 2. The van der Waals surface area contributed by atoms with Crippen molar-refractivity contribution in [3.63, 3.8) is 0 Å². The summed E-state index contributed by atoms with van der Waals surface area (Å²) in [5.41, 5.74) is 3.87. The van der Waals surface area contributed by atoms with Crippen molar-refractivity contribution in [1.29, 1.82) is 0 Å². The third kappa shape index (κ3) is 7.83. The van der Waals surface area contributed by atoms with Crippen LogP contribution in [0.2, 0.25) is 0 Å². The minimum Gasteiger partial charge on any atom is -0.481 e. The first-order chi connectivity index (χ1) is 22.6. The number of pyridine rings is 1. The molecule has 3 aromatic rings. The summed E-state index contributed by atoms with van der Waals surface area (Å²) in [7, 11) is 0. The van der Waals surface area contributed by atoms with E-state index in [0.29, 0.717) is 18.2 Å². The molecule has 1 fully saturated rings. The molecule has 2 aromatic carbocycles. The molecule has 0 spiro atoms. The van der Waals surface area contributed by atoms with Crippen molar-refractivity contribution in [3.8, 4) is 11.1 Å². The molecule has 0 saturated carbocycles. The number of nitrogens with one attached hydrogen (secondary N) is 1. The summed E-state index contributed by atoms with van der Waals surface area (Å²) in [6.07, 6.45) is -0.371. The van der Waals surface area contributed by atoms with Crippen LogP contribution in [0, 0.1) is 25.6 Å². The Hall–Kier alpha value is -3.99. The van der Waals surface area contributed by atoms with Crippen LogP contribution in [0.4, 0.5) is 17.6 Å². The predicted octanol–water partition coefficient (Wildman–Crippen LogP) is 6.95. The van der Waals surface area contributed by atoms with Gasteiger partial charge in [-0.3, -0.25) is 14.4 Å². The Bertz CT molecular complexity index is 1740. The van der Waals surface area contributed by atoms with E-state index in [9.17, 15) is 37.1 Å². The third-order valence-corrected chi connectivity index (χ3v) is 9.55. The molecule has 0 bridgehead atoms. The SMILES string of the molecule is Cc1cc(F)cc(C)c1-c1cc([C@@H](CC(=O)O)NC(=O)[C@H](CC(C)C)n2cc(CCN3CCC3)c(C(F)(F)F)cc2=O)cc2c1CCC2. The van der Waals surface area contributed by atoms with Crippen LogP contribution in [-0.2, 0) is 35.0 Å². The van der Waals surface area contributed by atoms with E-state index in [-0.39, 0.29) is 30.1 Å². The van der Waals surface area contributed by atoms with Gasteiger partial charge in [-0.25, -0.2) is 4.39 Å². The average Bonchev–Trinajstić information content (AvgIpc) is 3.43. The van der Waals surface area contributed by atoms with E-state index in [1.807, 2.05) is 44.7 Å². The molecular formula is C37H43F4N3O4. The molecule has 258 valence electrons. The minimum absolute atomic E-state index is 0.0624. The summed E-state index contributed by atoms with van der Waals surface area (Å²) >= 11 is 0. The molecule has 48 heavy (non-hydrogen) atoms. The predicted molar refractivity (Wildman–Crippen MR) is 175 cm³/mol. The fourth-order valence-electron chi connectivity index (χ4n) is 7.16. The molecule has 2 atom stereocenters. The summed E-state index contributed by atoms with van der Waals surface area (Å²) in [5.74, 6) is -2.28. The number of rotatable bonds is 12. The number of carbonyl (C=O) groups excluding carboxylic acids is 1. The van der Waals surface area contributed by atoms with Crippen molar-refractivity contribution >= 4 is 11.9 Å². The van der Waals surface area contributed by atoms with Crippen LogP contribution in [0.1, 0.15) is 90.6 Å². The van der Waals surface area contributed by atoms with E-state index in [1.54, 1.807) is 0 Å².